The van der Waals surface area contributed by atoms with E-state index in [1.54, 1.807) is 18.2 Å². The summed E-state index contributed by atoms with van der Waals surface area (Å²) in [6.45, 7) is 2.26. The van der Waals surface area contributed by atoms with Gasteiger partial charge in [0.2, 0.25) is 11.6 Å². The van der Waals surface area contributed by atoms with Gasteiger partial charge in [0.15, 0.2) is 11.5 Å². The maximum Gasteiger partial charge on any atom is 0.371 e. The molecule has 0 aliphatic carbocycles. The number of oxazole rings is 1. The Kier molecular flexibility index (Phi) is 6.75. The Morgan fingerprint density at radius 2 is 1.90 bits per heavy atom. The molecular weight excluding hydrogens is 386 g/mol. The summed E-state index contributed by atoms with van der Waals surface area (Å²) in [5.74, 6) is 1.07. The van der Waals surface area contributed by atoms with Crippen LogP contribution in [0, 0.1) is 6.92 Å². The van der Waals surface area contributed by atoms with Crippen molar-refractivity contribution in [2.24, 2.45) is 0 Å². The molecule has 0 aliphatic heterocycles. The Bertz CT molecular complexity index is 1040. The molecule has 0 aliphatic rings. The van der Waals surface area contributed by atoms with Gasteiger partial charge in [-0.25, -0.2) is 9.78 Å². The lowest BCUT2D eigenvalue weighted by Gasteiger charge is -2.11. The molecule has 0 saturated carbocycles. The van der Waals surface area contributed by atoms with Crippen LogP contribution in [-0.2, 0) is 16.0 Å². The number of carboxylic acids is 1. The fourth-order valence-corrected chi connectivity index (χ4v) is 2.87. The van der Waals surface area contributed by atoms with E-state index in [-0.39, 0.29) is 5.76 Å². The van der Waals surface area contributed by atoms with Crippen molar-refractivity contribution in [3.05, 3.63) is 71.3 Å². The van der Waals surface area contributed by atoms with Crippen molar-refractivity contribution in [3.63, 3.8) is 0 Å². The summed E-state index contributed by atoms with van der Waals surface area (Å²) in [7, 11) is 2.84. The smallest absolute Gasteiger partial charge is 0.371 e. The summed E-state index contributed by atoms with van der Waals surface area (Å²) in [4.78, 5) is 15.7. The minimum absolute atomic E-state index is 0.165. The molecule has 7 heteroatoms. The lowest BCUT2D eigenvalue weighted by molar-refractivity contribution is -0.135. The number of aliphatic carboxylic acids is 1. The van der Waals surface area contributed by atoms with E-state index in [9.17, 15) is 4.79 Å². The first-order chi connectivity index (χ1) is 14.5. The predicted octanol–water partition coefficient (Wildman–Crippen LogP) is 4.35. The Balaban J connectivity index is 1.68. The molecule has 30 heavy (non-hydrogen) atoms. The van der Waals surface area contributed by atoms with E-state index in [0.717, 1.165) is 17.0 Å². The molecular formula is C23H23NO6. The van der Waals surface area contributed by atoms with Crippen LogP contribution in [0.25, 0.3) is 17.5 Å². The second-order valence-electron chi connectivity index (χ2n) is 6.41. The highest BCUT2D eigenvalue weighted by Crippen LogP contribution is 2.29. The summed E-state index contributed by atoms with van der Waals surface area (Å²) in [5.41, 5.74) is 2.38. The van der Waals surface area contributed by atoms with Gasteiger partial charge in [0.05, 0.1) is 26.5 Å². The molecule has 1 N–H and O–H groups in total. The largest absolute Gasteiger partial charge is 0.493 e. The van der Waals surface area contributed by atoms with Crippen molar-refractivity contribution in [3.8, 4) is 23.0 Å². The number of carboxylic acid groups (broad SMARTS) is 1. The number of hydrogen-bond donors (Lipinski definition) is 1. The second kappa shape index (κ2) is 9.65. The fraction of sp³-hybridized carbons (Fsp3) is 0.217. The van der Waals surface area contributed by atoms with Gasteiger partial charge in [-0.05, 0) is 42.8 Å². The van der Waals surface area contributed by atoms with E-state index >= 15 is 0 Å². The molecule has 1 aromatic heterocycles. The lowest BCUT2D eigenvalue weighted by atomic mass is 10.1. The van der Waals surface area contributed by atoms with Gasteiger partial charge in [0, 0.05) is 12.0 Å². The van der Waals surface area contributed by atoms with E-state index in [1.807, 2.05) is 37.3 Å². The normalized spacial score (nSPS) is 11.2. The molecule has 3 rings (SSSR count). The Morgan fingerprint density at radius 3 is 2.57 bits per heavy atom. The number of aromatic nitrogens is 1. The monoisotopic (exact) mass is 409 g/mol. The molecule has 156 valence electrons. The van der Waals surface area contributed by atoms with Crippen LogP contribution in [0.15, 0.2) is 58.7 Å². The van der Waals surface area contributed by atoms with Crippen molar-refractivity contribution in [2.75, 3.05) is 20.8 Å². The SMILES string of the molecule is CO/C(=C/c1ccc(OCCc2nc(-c3ccccc3)oc2C)c(OC)c1)C(=O)O. The molecule has 0 atom stereocenters. The van der Waals surface area contributed by atoms with Crippen molar-refractivity contribution in [1.82, 2.24) is 4.98 Å². The summed E-state index contributed by atoms with van der Waals surface area (Å²) in [6.07, 6.45) is 1.98. The van der Waals surface area contributed by atoms with Gasteiger partial charge in [0.25, 0.3) is 0 Å². The Morgan fingerprint density at radius 1 is 1.13 bits per heavy atom. The first kappa shape index (κ1) is 21.0. The average molecular weight is 409 g/mol. The maximum absolute atomic E-state index is 11.1. The first-order valence-corrected chi connectivity index (χ1v) is 9.33. The summed E-state index contributed by atoms with van der Waals surface area (Å²) in [5, 5.41) is 9.07. The molecule has 0 unspecified atom stereocenters. The summed E-state index contributed by atoms with van der Waals surface area (Å²) in [6, 6.07) is 14.9. The van der Waals surface area contributed by atoms with Crippen LogP contribution >= 0.6 is 0 Å². The third-order valence-electron chi connectivity index (χ3n) is 4.43. The molecule has 7 nitrogen and oxygen atoms in total. The van der Waals surface area contributed by atoms with E-state index in [1.165, 1.54) is 20.3 Å². The molecule has 0 bridgehead atoms. The van der Waals surface area contributed by atoms with Gasteiger partial charge in [0.1, 0.15) is 5.76 Å². The number of aryl methyl sites for hydroxylation is 1. The molecule has 1 heterocycles. The number of benzene rings is 2. The molecule has 2 aromatic carbocycles. The maximum atomic E-state index is 11.1. The average Bonchev–Trinajstić information content (AvgIpc) is 3.13. The van der Waals surface area contributed by atoms with E-state index < -0.39 is 5.97 Å². The third-order valence-corrected chi connectivity index (χ3v) is 4.43. The minimum Gasteiger partial charge on any atom is -0.493 e. The number of rotatable bonds is 9. The molecule has 0 radical (unpaired) electrons. The van der Waals surface area contributed by atoms with Crippen LogP contribution < -0.4 is 9.47 Å². The lowest BCUT2D eigenvalue weighted by Crippen LogP contribution is -2.04. The highest BCUT2D eigenvalue weighted by atomic mass is 16.5. The highest BCUT2D eigenvalue weighted by Gasteiger charge is 2.13. The highest BCUT2D eigenvalue weighted by molar-refractivity contribution is 5.89. The van der Waals surface area contributed by atoms with E-state index in [2.05, 4.69) is 4.98 Å². The zero-order chi connectivity index (χ0) is 21.5. The van der Waals surface area contributed by atoms with Crippen molar-refractivity contribution >= 4 is 12.0 Å². The van der Waals surface area contributed by atoms with Crippen molar-refractivity contribution < 1.29 is 28.5 Å². The van der Waals surface area contributed by atoms with Gasteiger partial charge in [-0.1, -0.05) is 24.3 Å². The zero-order valence-corrected chi connectivity index (χ0v) is 17.0. The minimum atomic E-state index is -1.14. The molecule has 3 aromatic rings. The van der Waals surface area contributed by atoms with Gasteiger partial charge in [-0.2, -0.15) is 0 Å². The van der Waals surface area contributed by atoms with Crippen LogP contribution in [0.2, 0.25) is 0 Å². The number of ether oxygens (including phenoxy) is 3. The number of nitrogens with zero attached hydrogens (tertiary/aromatic N) is 1. The molecule has 0 spiro atoms. The summed E-state index contributed by atoms with van der Waals surface area (Å²) >= 11 is 0. The second-order valence-corrected chi connectivity index (χ2v) is 6.41. The van der Waals surface area contributed by atoms with Gasteiger partial charge >= 0.3 is 5.97 Å². The van der Waals surface area contributed by atoms with Crippen LogP contribution in [0.3, 0.4) is 0 Å². The third kappa shape index (κ3) is 5.00. The standard InChI is InChI=1S/C23H23NO6/c1-15-18(24-22(30-15)17-7-5-4-6-8-17)11-12-29-19-10-9-16(13-20(19)27-2)14-21(28-3)23(25)26/h4-10,13-14H,11-12H2,1-3H3,(H,25,26)/b21-14+. The Labute approximate surface area is 174 Å². The number of hydrogen-bond acceptors (Lipinski definition) is 6. The van der Waals surface area contributed by atoms with E-state index in [0.29, 0.717) is 36.0 Å². The zero-order valence-electron chi connectivity index (χ0n) is 17.0. The van der Waals surface area contributed by atoms with Gasteiger partial charge in [-0.3, -0.25) is 0 Å². The van der Waals surface area contributed by atoms with Gasteiger partial charge < -0.3 is 23.7 Å². The van der Waals surface area contributed by atoms with Crippen LogP contribution in [-0.4, -0.2) is 36.9 Å². The van der Waals surface area contributed by atoms with Crippen molar-refractivity contribution in [2.45, 2.75) is 13.3 Å². The van der Waals surface area contributed by atoms with Gasteiger partial charge in [-0.15, -0.1) is 0 Å². The summed E-state index contributed by atoms with van der Waals surface area (Å²) < 4.78 is 21.9. The van der Waals surface area contributed by atoms with Crippen LogP contribution in [0.1, 0.15) is 17.0 Å². The number of carbonyl (C=O) groups is 1. The molecule has 0 amide bonds. The van der Waals surface area contributed by atoms with E-state index in [4.69, 9.17) is 23.7 Å². The topological polar surface area (TPSA) is 91.0 Å². The fourth-order valence-electron chi connectivity index (χ4n) is 2.87. The van der Waals surface area contributed by atoms with Crippen molar-refractivity contribution in [1.29, 1.82) is 0 Å². The quantitative estimate of drug-likeness (QED) is 0.415. The Hall–Kier alpha value is -3.74. The molecule has 0 fully saturated rings. The predicted molar refractivity (Wildman–Crippen MR) is 111 cm³/mol. The van der Waals surface area contributed by atoms with Crippen LogP contribution in [0.4, 0.5) is 0 Å². The molecule has 0 saturated heterocycles. The number of methoxy groups -OCH3 is 2. The first-order valence-electron chi connectivity index (χ1n) is 9.33. The van der Waals surface area contributed by atoms with Crippen LogP contribution in [0.5, 0.6) is 11.5 Å².